The second-order valence-electron chi connectivity index (χ2n) is 4.53. The molecular weight excluding hydrogens is 276 g/mol. The number of thiazole rings is 1. The van der Waals surface area contributed by atoms with Crippen LogP contribution in [-0.4, -0.2) is 22.5 Å². The molecular formula is C14H18N2OS2. The van der Waals surface area contributed by atoms with Crippen molar-refractivity contribution in [2.45, 2.75) is 23.2 Å². The van der Waals surface area contributed by atoms with Crippen LogP contribution in [0.15, 0.2) is 40.1 Å². The van der Waals surface area contributed by atoms with Crippen molar-refractivity contribution in [3.63, 3.8) is 0 Å². The lowest BCUT2D eigenvalue weighted by Gasteiger charge is -2.27. The minimum atomic E-state index is -0.666. The zero-order valence-electron chi connectivity index (χ0n) is 10.9. The summed E-state index contributed by atoms with van der Waals surface area (Å²) in [5, 5.41) is 11.6. The molecule has 1 aromatic carbocycles. The van der Waals surface area contributed by atoms with Gasteiger partial charge in [0.05, 0.1) is 12.1 Å². The normalized spacial score (nSPS) is 14.3. The maximum absolute atomic E-state index is 9.59. The number of aryl methyl sites for hydroxylation is 1. The van der Waals surface area contributed by atoms with Gasteiger partial charge in [0.1, 0.15) is 4.34 Å². The van der Waals surface area contributed by atoms with Gasteiger partial charge in [0.25, 0.3) is 0 Å². The molecule has 0 aliphatic rings. The van der Waals surface area contributed by atoms with Gasteiger partial charge in [-0.05, 0) is 18.9 Å². The van der Waals surface area contributed by atoms with E-state index in [9.17, 15) is 5.11 Å². The summed E-state index contributed by atoms with van der Waals surface area (Å²) in [5.74, 6) is 0.846. The molecule has 2 rings (SSSR count). The average molecular weight is 294 g/mol. The largest absolute Gasteiger partial charge is 0.394 e. The van der Waals surface area contributed by atoms with Crippen LogP contribution >= 0.6 is 23.1 Å². The Morgan fingerprint density at radius 3 is 2.68 bits per heavy atom. The summed E-state index contributed by atoms with van der Waals surface area (Å²) < 4.78 is 1.06. The summed E-state index contributed by atoms with van der Waals surface area (Å²) in [6.07, 6.45) is 0.719. The topological polar surface area (TPSA) is 59.1 Å². The molecule has 0 aliphatic carbocycles. The van der Waals surface area contributed by atoms with Crippen molar-refractivity contribution < 1.29 is 5.11 Å². The highest BCUT2D eigenvalue weighted by Crippen LogP contribution is 2.28. The molecule has 3 nitrogen and oxygen atoms in total. The van der Waals surface area contributed by atoms with Gasteiger partial charge in [-0.1, -0.05) is 42.1 Å². The van der Waals surface area contributed by atoms with E-state index in [1.54, 1.807) is 23.1 Å². The molecule has 1 aromatic heterocycles. The Morgan fingerprint density at radius 1 is 1.37 bits per heavy atom. The number of thioether (sulfide) groups is 1. The molecule has 0 radical (unpaired) electrons. The van der Waals surface area contributed by atoms with Gasteiger partial charge in [0, 0.05) is 16.8 Å². The Kier molecular flexibility index (Phi) is 4.99. The van der Waals surface area contributed by atoms with E-state index in [-0.39, 0.29) is 6.61 Å². The van der Waals surface area contributed by atoms with E-state index < -0.39 is 5.54 Å². The van der Waals surface area contributed by atoms with Crippen LogP contribution in [-0.2, 0) is 5.54 Å². The second kappa shape index (κ2) is 6.52. The van der Waals surface area contributed by atoms with Crippen LogP contribution in [0.1, 0.15) is 17.7 Å². The average Bonchev–Trinajstić information content (AvgIpc) is 2.85. The van der Waals surface area contributed by atoms with Gasteiger partial charge in [-0.3, -0.25) is 0 Å². The van der Waals surface area contributed by atoms with Crippen molar-refractivity contribution in [2.75, 3.05) is 12.4 Å². The molecule has 0 saturated carbocycles. The Balaban J connectivity index is 1.96. The van der Waals surface area contributed by atoms with Crippen molar-refractivity contribution >= 4 is 23.1 Å². The summed E-state index contributed by atoms with van der Waals surface area (Å²) >= 11 is 3.35. The number of aromatic nitrogens is 1. The highest BCUT2D eigenvalue weighted by Gasteiger charge is 2.26. The number of hydrogen-bond acceptors (Lipinski definition) is 5. The molecule has 0 bridgehead atoms. The van der Waals surface area contributed by atoms with E-state index in [0.29, 0.717) is 0 Å². The maximum atomic E-state index is 9.59. The standard InChI is InChI=1S/C14H18N2OS2/c1-11-9-19-13(16-11)18-8-7-14(15,10-17)12-5-3-2-4-6-12/h2-6,9,17H,7-8,10,15H2,1H3. The van der Waals surface area contributed by atoms with Crippen LogP contribution in [0.25, 0.3) is 0 Å². The predicted octanol–water partition coefficient (Wildman–Crippen LogP) is 2.78. The second-order valence-corrected chi connectivity index (χ2v) is 6.73. The van der Waals surface area contributed by atoms with E-state index in [1.807, 2.05) is 42.6 Å². The lowest BCUT2D eigenvalue weighted by molar-refractivity contribution is 0.193. The SMILES string of the molecule is Cc1csc(SCCC(N)(CO)c2ccccc2)n1. The molecule has 3 N–H and O–H groups in total. The third-order valence-electron chi connectivity index (χ3n) is 3.00. The van der Waals surface area contributed by atoms with Crippen LogP contribution < -0.4 is 5.73 Å². The fourth-order valence-electron chi connectivity index (χ4n) is 1.80. The minimum absolute atomic E-state index is 0.0472. The highest BCUT2D eigenvalue weighted by molar-refractivity contribution is 8.01. The summed E-state index contributed by atoms with van der Waals surface area (Å²) in [4.78, 5) is 4.41. The Labute approximate surface area is 121 Å². The van der Waals surface area contributed by atoms with Crippen molar-refractivity contribution in [1.29, 1.82) is 0 Å². The molecule has 0 amide bonds. The van der Waals surface area contributed by atoms with Gasteiger partial charge in [0.15, 0.2) is 0 Å². The molecule has 2 aromatic rings. The van der Waals surface area contributed by atoms with E-state index in [4.69, 9.17) is 5.73 Å². The third kappa shape index (κ3) is 3.79. The first-order valence-electron chi connectivity index (χ1n) is 6.14. The minimum Gasteiger partial charge on any atom is -0.394 e. The van der Waals surface area contributed by atoms with Gasteiger partial charge in [-0.2, -0.15) is 0 Å². The van der Waals surface area contributed by atoms with Crippen LogP contribution in [0.2, 0.25) is 0 Å². The number of aliphatic hydroxyl groups is 1. The van der Waals surface area contributed by atoms with Crippen molar-refractivity contribution in [3.05, 3.63) is 47.0 Å². The molecule has 0 aliphatic heterocycles. The monoisotopic (exact) mass is 294 g/mol. The highest BCUT2D eigenvalue weighted by atomic mass is 32.2. The van der Waals surface area contributed by atoms with E-state index >= 15 is 0 Å². The molecule has 102 valence electrons. The van der Waals surface area contributed by atoms with E-state index in [1.165, 1.54) is 0 Å². The number of rotatable bonds is 6. The number of aliphatic hydroxyl groups excluding tert-OH is 1. The lowest BCUT2D eigenvalue weighted by atomic mass is 9.89. The Hall–Kier alpha value is -0.880. The molecule has 19 heavy (non-hydrogen) atoms. The molecule has 1 heterocycles. The summed E-state index contributed by atoms with van der Waals surface area (Å²) in [6, 6.07) is 9.78. The van der Waals surface area contributed by atoms with Crippen LogP contribution in [0.3, 0.4) is 0 Å². The smallest absolute Gasteiger partial charge is 0.150 e. The van der Waals surface area contributed by atoms with Gasteiger partial charge in [-0.25, -0.2) is 4.98 Å². The Bertz CT molecular complexity index is 515. The van der Waals surface area contributed by atoms with Crippen molar-refractivity contribution in [2.24, 2.45) is 5.73 Å². The number of nitrogens with zero attached hydrogens (tertiary/aromatic N) is 1. The quantitative estimate of drug-likeness (QED) is 0.804. The summed E-state index contributed by atoms with van der Waals surface area (Å²) in [5.41, 5.74) is 7.67. The molecule has 1 atom stereocenters. The van der Waals surface area contributed by atoms with Crippen LogP contribution in [0.5, 0.6) is 0 Å². The fourth-order valence-corrected chi connectivity index (χ4v) is 3.84. The summed E-state index contributed by atoms with van der Waals surface area (Å²) in [6.45, 7) is 1.94. The lowest BCUT2D eigenvalue weighted by Crippen LogP contribution is -2.41. The third-order valence-corrected chi connectivity index (χ3v) is 5.14. The molecule has 0 spiro atoms. The first kappa shape index (κ1) is 14.5. The first-order chi connectivity index (χ1) is 9.14. The van der Waals surface area contributed by atoms with Gasteiger partial charge in [0.2, 0.25) is 0 Å². The van der Waals surface area contributed by atoms with Crippen molar-refractivity contribution in [3.8, 4) is 0 Å². The van der Waals surface area contributed by atoms with E-state index in [2.05, 4.69) is 4.98 Å². The maximum Gasteiger partial charge on any atom is 0.150 e. The fraction of sp³-hybridized carbons (Fsp3) is 0.357. The van der Waals surface area contributed by atoms with E-state index in [0.717, 1.165) is 27.8 Å². The van der Waals surface area contributed by atoms with Gasteiger partial charge >= 0.3 is 0 Å². The predicted molar refractivity (Wildman–Crippen MR) is 81.6 cm³/mol. The number of benzene rings is 1. The zero-order chi connectivity index (χ0) is 13.7. The van der Waals surface area contributed by atoms with Gasteiger partial charge in [-0.15, -0.1) is 11.3 Å². The zero-order valence-corrected chi connectivity index (χ0v) is 12.5. The Morgan fingerprint density at radius 2 is 2.11 bits per heavy atom. The molecule has 0 saturated heterocycles. The van der Waals surface area contributed by atoms with Gasteiger partial charge < -0.3 is 10.8 Å². The summed E-state index contributed by atoms with van der Waals surface area (Å²) in [7, 11) is 0. The van der Waals surface area contributed by atoms with Crippen LogP contribution in [0, 0.1) is 6.92 Å². The number of hydrogen-bond donors (Lipinski definition) is 2. The molecule has 1 unspecified atom stereocenters. The van der Waals surface area contributed by atoms with Crippen molar-refractivity contribution in [1.82, 2.24) is 4.98 Å². The number of nitrogens with two attached hydrogens (primary N) is 1. The molecule has 5 heteroatoms. The first-order valence-corrected chi connectivity index (χ1v) is 8.01. The molecule has 0 fully saturated rings. The van der Waals surface area contributed by atoms with Crippen LogP contribution in [0.4, 0.5) is 0 Å².